The van der Waals surface area contributed by atoms with Crippen molar-refractivity contribution in [3.8, 4) is 0 Å². The Labute approximate surface area is 168 Å². The monoisotopic (exact) mass is 396 g/mol. The van der Waals surface area contributed by atoms with E-state index in [-0.39, 0.29) is 15.8 Å². The van der Waals surface area contributed by atoms with E-state index in [1.807, 2.05) is 0 Å². The van der Waals surface area contributed by atoms with E-state index in [1.54, 1.807) is 17.0 Å². The van der Waals surface area contributed by atoms with Crippen LogP contribution in [-0.2, 0) is 0 Å². The zero-order chi connectivity index (χ0) is 18.6. The molecule has 0 spiro atoms. The maximum absolute atomic E-state index is 2.45. The number of rotatable bonds is 6. The van der Waals surface area contributed by atoms with Crippen LogP contribution in [0.5, 0.6) is 0 Å². The molecular formula is C25H34P2. The molecule has 2 heterocycles. The maximum atomic E-state index is 2.45. The van der Waals surface area contributed by atoms with E-state index in [1.165, 1.54) is 38.5 Å². The zero-order valence-corrected chi connectivity index (χ0v) is 18.7. The zero-order valence-electron chi connectivity index (χ0n) is 16.9. The Balaban J connectivity index is 1.64. The molecule has 0 aromatic heterocycles. The number of benzene rings is 2. The Kier molecular flexibility index (Phi) is 6.68. The molecule has 4 rings (SSSR count). The van der Waals surface area contributed by atoms with E-state index < -0.39 is 0 Å². The van der Waals surface area contributed by atoms with Crippen LogP contribution in [0.2, 0.25) is 0 Å². The van der Waals surface area contributed by atoms with Gasteiger partial charge in [-0.15, -0.1) is 0 Å². The molecule has 0 nitrogen and oxygen atoms in total. The third-order valence-corrected chi connectivity index (χ3v) is 15.4. The lowest BCUT2D eigenvalue weighted by Gasteiger charge is -2.34. The van der Waals surface area contributed by atoms with Crippen LogP contribution in [-0.4, -0.2) is 17.2 Å². The van der Waals surface area contributed by atoms with Crippen molar-refractivity contribution in [1.82, 2.24) is 0 Å². The maximum Gasteiger partial charge on any atom is 0.00507 e. The summed E-state index contributed by atoms with van der Waals surface area (Å²) >= 11 is 0. The highest BCUT2D eigenvalue weighted by atomic mass is 31.2. The van der Waals surface area contributed by atoms with E-state index in [4.69, 9.17) is 0 Å². The average molecular weight is 396 g/mol. The topological polar surface area (TPSA) is 0 Å². The van der Waals surface area contributed by atoms with Gasteiger partial charge in [-0.1, -0.05) is 90.4 Å². The first kappa shape index (κ1) is 19.6. The molecule has 2 fully saturated rings. The molecule has 2 aromatic carbocycles. The lowest BCUT2D eigenvalue weighted by atomic mass is 10.0. The molecular weight excluding hydrogens is 362 g/mol. The summed E-state index contributed by atoms with van der Waals surface area (Å²) in [5.74, 6) is 1.57. The van der Waals surface area contributed by atoms with Crippen LogP contribution in [0.4, 0.5) is 0 Å². The first-order valence-corrected chi connectivity index (χ1v) is 14.3. The molecule has 27 heavy (non-hydrogen) atoms. The van der Waals surface area contributed by atoms with Crippen molar-refractivity contribution in [3.05, 3.63) is 71.8 Å². The van der Waals surface area contributed by atoms with Gasteiger partial charge in [0.25, 0.3) is 0 Å². The van der Waals surface area contributed by atoms with Gasteiger partial charge in [0.05, 0.1) is 0 Å². The first-order chi connectivity index (χ1) is 13.3. The summed E-state index contributed by atoms with van der Waals surface area (Å²) in [5.41, 5.74) is 6.98. The lowest BCUT2D eigenvalue weighted by Crippen LogP contribution is -2.07. The van der Waals surface area contributed by atoms with Crippen LogP contribution in [0.15, 0.2) is 60.7 Å². The minimum atomic E-state index is 0.0286. The van der Waals surface area contributed by atoms with Crippen molar-refractivity contribution in [2.45, 2.75) is 75.0 Å². The summed E-state index contributed by atoms with van der Waals surface area (Å²) in [6.07, 6.45) is 8.64. The first-order valence-electron chi connectivity index (χ1n) is 10.9. The van der Waals surface area contributed by atoms with E-state index in [9.17, 15) is 0 Å². The normalized spacial score (nSPS) is 31.4. The minimum Gasteiger partial charge on any atom is -0.0959 e. The largest absolute Gasteiger partial charge is 0.0959 e. The molecule has 2 aliphatic rings. The molecule has 0 radical (unpaired) electrons. The summed E-state index contributed by atoms with van der Waals surface area (Å²) < 4.78 is 0. The van der Waals surface area contributed by atoms with Gasteiger partial charge in [0.2, 0.25) is 0 Å². The predicted molar refractivity (Wildman–Crippen MR) is 124 cm³/mol. The lowest BCUT2D eigenvalue weighted by molar-refractivity contribution is 0.696. The SMILES string of the molecule is CC[C@@H]1CC[C@@H](CC)P1CP1C(c2ccccc2)CC[C@H]1c1ccccc1. The van der Waals surface area contributed by atoms with E-state index in [0.717, 1.165) is 22.6 Å². The standard InChI is InChI=1S/C25H34P2/c1-3-22-15-16-23(4-2)26(22)19-27-24(20-11-7-5-8-12-20)17-18-25(27)21-13-9-6-10-14-21/h5-14,22-25H,3-4,15-19H2,1-2H3/t22-,23-,24+,25?,27?/m1/s1. The average Bonchev–Trinajstić information content (AvgIpc) is 3.33. The van der Waals surface area contributed by atoms with Gasteiger partial charge in [-0.2, -0.15) is 0 Å². The van der Waals surface area contributed by atoms with Crippen LogP contribution in [0.1, 0.15) is 74.8 Å². The van der Waals surface area contributed by atoms with Gasteiger partial charge >= 0.3 is 0 Å². The Morgan fingerprint density at radius 3 is 1.48 bits per heavy atom. The van der Waals surface area contributed by atoms with Gasteiger partial charge in [0.1, 0.15) is 0 Å². The predicted octanol–water partition coefficient (Wildman–Crippen LogP) is 8.54. The number of hydrogen-bond donors (Lipinski definition) is 0. The summed E-state index contributed by atoms with van der Waals surface area (Å²) in [6.45, 7) is 4.90. The third-order valence-electron chi connectivity index (χ3n) is 6.92. The van der Waals surface area contributed by atoms with Gasteiger partial charge < -0.3 is 0 Å². The quantitative estimate of drug-likeness (QED) is 0.429. The summed E-state index contributed by atoms with van der Waals surface area (Å²) in [6, 6.07) is 23.0. The molecule has 2 heteroatoms. The van der Waals surface area contributed by atoms with Gasteiger partial charge in [0, 0.05) is 11.3 Å². The fourth-order valence-electron chi connectivity index (χ4n) is 5.44. The summed E-state index contributed by atoms with van der Waals surface area (Å²) in [4.78, 5) is 0. The minimum absolute atomic E-state index is 0.0286. The van der Waals surface area contributed by atoms with Crippen LogP contribution >= 0.6 is 15.8 Å². The highest BCUT2D eigenvalue weighted by Crippen LogP contribution is 2.76. The molecule has 2 aliphatic heterocycles. The Hall–Kier alpha value is -0.700. The van der Waals surface area contributed by atoms with Crippen LogP contribution in [0.3, 0.4) is 0 Å². The highest BCUT2D eigenvalue weighted by molar-refractivity contribution is 7.76. The van der Waals surface area contributed by atoms with Gasteiger partial charge in [-0.3, -0.25) is 0 Å². The Bertz CT molecular complexity index is 639. The van der Waals surface area contributed by atoms with Crippen molar-refractivity contribution in [2.24, 2.45) is 0 Å². The fourth-order valence-corrected chi connectivity index (χ4v) is 15.4. The number of hydrogen-bond acceptors (Lipinski definition) is 0. The Morgan fingerprint density at radius 2 is 1.07 bits per heavy atom. The third kappa shape index (κ3) is 4.18. The van der Waals surface area contributed by atoms with Crippen molar-refractivity contribution >= 4 is 15.8 Å². The van der Waals surface area contributed by atoms with Gasteiger partial charge in [0.15, 0.2) is 0 Å². The molecule has 2 aromatic rings. The van der Waals surface area contributed by atoms with Crippen molar-refractivity contribution < 1.29 is 0 Å². The summed E-state index contributed by atoms with van der Waals surface area (Å²) in [7, 11) is 0.240. The molecule has 0 N–H and O–H groups in total. The molecule has 2 unspecified atom stereocenters. The molecule has 0 bridgehead atoms. The van der Waals surface area contributed by atoms with Crippen molar-refractivity contribution in [3.63, 3.8) is 0 Å². The smallest absolute Gasteiger partial charge is 0.00507 e. The van der Waals surface area contributed by atoms with E-state index in [0.29, 0.717) is 0 Å². The van der Waals surface area contributed by atoms with E-state index >= 15 is 0 Å². The highest BCUT2D eigenvalue weighted by Gasteiger charge is 2.42. The van der Waals surface area contributed by atoms with Crippen LogP contribution in [0, 0.1) is 0 Å². The van der Waals surface area contributed by atoms with Gasteiger partial charge in [-0.05, 0) is 66.9 Å². The van der Waals surface area contributed by atoms with Crippen molar-refractivity contribution in [1.29, 1.82) is 0 Å². The molecule has 0 saturated carbocycles. The second-order valence-electron chi connectivity index (χ2n) is 8.30. The van der Waals surface area contributed by atoms with Crippen LogP contribution in [0.25, 0.3) is 0 Å². The van der Waals surface area contributed by atoms with Crippen LogP contribution < -0.4 is 0 Å². The molecule has 0 amide bonds. The van der Waals surface area contributed by atoms with Crippen molar-refractivity contribution in [2.75, 3.05) is 5.90 Å². The van der Waals surface area contributed by atoms with Gasteiger partial charge in [-0.25, -0.2) is 0 Å². The Morgan fingerprint density at radius 1 is 0.630 bits per heavy atom. The fraction of sp³-hybridized carbons (Fsp3) is 0.520. The molecule has 2 saturated heterocycles. The molecule has 5 atom stereocenters. The molecule has 0 aliphatic carbocycles. The molecule has 144 valence electrons. The van der Waals surface area contributed by atoms with E-state index in [2.05, 4.69) is 74.5 Å². The second-order valence-corrected chi connectivity index (χ2v) is 14.2. The second kappa shape index (κ2) is 9.20. The summed E-state index contributed by atoms with van der Waals surface area (Å²) in [5, 5.41) is 0.